The number of benzene rings is 1. The van der Waals surface area contributed by atoms with Crippen molar-refractivity contribution in [2.24, 2.45) is 5.92 Å². The average molecular weight is 495 g/mol. The van der Waals surface area contributed by atoms with E-state index in [0.717, 1.165) is 87.4 Å². The van der Waals surface area contributed by atoms with Gasteiger partial charge in [0.1, 0.15) is 5.82 Å². The second-order valence-electron chi connectivity index (χ2n) is 10.4. The number of piperazine rings is 2. The van der Waals surface area contributed by atoms with Gasteiger partial charge < -0.3 is 20.4 Å². The Morgan fingerprint density at radius 3 is 2.69 bits per heavy atom. The number of pyridine rings is 1. The Hall–Kier alpha value is -2.19. The van der Waals surface area contributed by atoms with Crippen LogP contribution in [-0.2, 0) is 10.2 Å². The maximum absolute atomic E-state index is 13.2. The van der Waals surface area contributed by atoms with Crippen LogP contribution >= 0.6 is 11.6 Å². The van der Waals surface area contributed by atoms with Crippen molar-refractivity contribution >= 4 is 29.0 Å². The van der Waals surface area contributed by atoms with Crippen molar-refractivity contribution in [2.75, 3.05) is 75.7 Å². The van der Waals surface area contributed by atoms with Crippen molar-refractivity contribution < 1.29 is 4.79 Å². The number of halogens is 1. The fourth-order valence-electron chi connectivity index (χ4n) is 6.30. The van der Waals surface area contributed by atoms with Gasteiger partial charge in [0.15, 0.2) is 0 Å². The zero-order chi connectivity index (χ0) is 23.8. The summed E-state index contributed by atoms with van der Waals surface area (Å²) >= 11 is 6.74. The number of nitrogens with one attached hydrogen (secondary N) is 2. The van der Waals surface area contributed by atoms with Crippen LogP contribution in [0.15, 0.2) is 36.5 Å². The number of nitrogens with zero attached hydrogens (tertiary/aromatic N) is 4. The highest BCUT2D eigenvalue weighted by atomic mass is 35.5. The fraction of sp³-hybridized carbons (Fsp3) is 0.556. The first-order valence-corrected chi connectivity index (χ1v) is 13.5. The lowest BCUT2D eigenvalue weighted by Gasteiger charge is -2.36. The molecule has 1 amide bonds. The van der Waals surface area contributed by atoms with Crippen LogP contribution in [0.4, 0.5) is 11.5 Å². The molecule has 8 heteroatoms. The van der Waals surface area contributed by atoms with Gasteiger partial charge in [0.2, 0.25) is 5.91 Å². The van der Waals surface area contributed by atoms with Crippen LogP contribution < -0.4 is 15.5 Å². The molecular formula is C27H35ClN6O. The van der Waals surface area contributed by atoms with Gasteiger partial charge in [-0.25, -0.2) is 4.98 Å². The van der Waals surface area contributed by atoms with Gasteiger partial charge in [-0.05, 0) is 62.0 Å². The van der Waals surface area contributed by atoms with Crippen LogP contribution in [0.1, 0.15) is 30.4 Å². The van der Waals surface area contributed by atoms with Crippen LogP contribution in [0.25, 0.3) is 0 Å². The van der Waals surface area contributed by atoms with E-state index >= 15 is 0 Å². The molecule has 1 aromatic heterocycles. The van der Waals surface area contributed by atoms with Crippen LogP contribution in [0.2, 0.25) is 5.02 Å². The third kappa shape index (κ3) is 4.44. The quantitative estimate of drug-likeness (QED) is 0.617. The van der Waals surface area contributed by atoms with Crippen molar-refractivity contribution in [1.29, 1.82) is 0 Å². The van der Waals surface area contributed by atoms with Gasteiger partial charge in [-0.15, -0.1) is 0 Å². The average Bonchev–Trinajstić information content (AvgIpc) is 3.66. The fourth-order valence-corrected chi connectivity index (χ4v) is 6.62. The molecule has 3 aliphatic heterocycles. The highest BCUT2D eigenvalue weighted by Crippen LogP contribution is 2.57. The summed E-state index contributed by atoms with van der Waals surface area (Å²) in [5.74, 6) is 1.65. The van der Waals surface area contributed by atoms with E-state index < -0.39 is 0 Å². The lowest BCUT2D eigenvalue weighted by Crippen LogP contribution is -2.51. The third-order valence-corrected chi connectivity index (χ3v) is 8.60. The molecule has 0 bridgehead atoms. The Balaban J connectivity index is 1.16. The number of hydrogen-bond donors (Lipinski definition) is 2. The predicted octanol–water partition coefficient (Wildman–Crippen LogP) is 2.80. The number of carbonyl (C=O) groups excluding carboxylic acids is 1. The molecule has 6 rings (SSSR count). The van der Waals surface area contributed by atoms with E-state index in [1.165, 1.54) is 18.4 Å². The van der Waals surface area contributed by atoms with Gasteiger partial charge in [0.05, 0.1) is 6.54 Å². The number of aromatic nitrogens is 1. The van der Waals surface area contributed by atoms with Crippen molar-refractivity contribution in [2.45, 2.75) is 24.7 Å². The lowest BCUT2D eigenvalue weighted by atomic mass is 9.72. The minimum absolute atomic E-state index is 0.175. The smallest absolute Gasteiger partial charge is 0.241 e. The zero-order valence-corrected chi connectivity index (χ0v) is 21.1. The summed E-state index contributed by atoms with van der Waals surface area (Å²) in [6.07, 6.45) is 5.29. The van der Waals surface area contributed by atoms with E-state index in [4.69, 9.17) is 11.6 Å². The monoisotopic (exact) mass is 494 g/mol. The van der Waals surface area contributed by atoms with E-state index in [1.54, 1.807) is 6.20 Å². The van der Waals surface area contributed by atoms with E-state index in [0.29, 0.717) is 12.5 Å². The summed E-state index contributed by atoms with van der Waals surface area (Å²) in [6, 6.07) is 10.5. The molecule has 2 saturated heterocycles. The highest BCUT2D eigenvalue weighted by molar-refractivity contribution is 6.32. The molecule has 4 heterocycles. The molecule has 1 atom stereocenters. The minimum atomic E-state index is -0.175. The van der Waals surface area contributed by atoms with Gasteiger partial charge in [0, 0.05) is 73.7 Å². The molecule has 0 spiro atoms. The number of hydrogen-bond acceptors (Lipinski definition) is 6. The van der Waals surface area contributed by atoms with Gasteiger partial charge in [-0.3, -0.25) is 9.69 Å². The molecule has 2 aromatic rings. The predicted molar refractivity (Wildman–Crippen MR) is 140 cm³/mol. The molecule has 0 radical (unpaired) electrons. The molecule has 1 saturated carbocycles. The molecule has 1 aliphatic carbocycles. The molecule has 3 fully saturated rings. The van der Waals surface area contributed by atoms with Crippen molar-refractivity contribution in [1.82, 2.24) is 20.1 Å². The number of anilines is 2. The molecule has 2 N–H and O–H groups in total. The largest absolute Gasteiger partial charge is 0.369 e. The molecular weight excluding hydrogens is 460 g/mol. The van der Waals surface area contributed by atoms with E-state index in [2.05, 4.69) is 49.7 Å². The highest BCUT2D eigenvalue weighted by Gasteiger charge is 2.53. The standard InChI is InChI=1S/C27H35ClN6O/c28-23-7-8-30-26-25(23)27(19-31-26,20-5-6-20)21-3-1-4-22(17-21)34-16-15-33(18-24(34)35)12-2-11-32-13-9-29-10-14-32/h1,3-4,7-8,17,20,29H,2,5-6,9-16,18-19H2,(H,30,31). The maximum Gasteiger partial charge on any atom is 0.241 e. The summed E-state index contributed by atoms with van der Waals surface area (Å²) < 4.78 is 0. The Kier molecular flexibility index (Phi) is 6.43. The van der Waals surface area contributed by atoms with E-state index in [1.807, 2.05) is 11.0 Å². The number of amides is 1. The molecule has 4 aliphatic rings. The normalized spacial score (nSPS) is 25.5. The summed E-state index contributed by atoms with van der Waals surface area (Å²) in [6.45, 7) is 9.51. The second-order valence-corrected chi connectivity index (χ2v) is 10.8. The first-order chi connectivity index (χ1) is 17.1. The van der Waals surface area contributed by atoms with Crippen molar-refractivity contribution in [3.05, 3.63) is 52.7 Å². The van der Waals surface area contributed by atoms with Crippen molar-refractivity contribution in [3.8, 4) is 0 Å². The summed E-state index contributed by atoms with van der Waals surface area (Å²) in [7, 11) is 0. The van der Waals surface area contributed by atoms with Crippen molar-refractivity contribution in [3.63, 3.8) is 0 Å². The van der Waals surface area contributed by atoms with Gasteiger partial charge in [-0.1, -0.05) is 23.7 Å². The van der Waals surface area contributed by atoms with Crippen LogP contribution in [0.3, 0.4) is 0 Å². The molecule has 7 nitrogen and oxygen atoms in total. The minimum Gasteiger partial charge on any atom is -0.369 e. The van der Waals surface area contributed by atoms with E-state index in [-0.39, 0.29) is 11.3 Å². The molecule has 1 unspecified atom stereocenters. The number of rotatable bonds is 7. The Morgan fingerprint density at radius 2 is 1.89 bits per heavy atom. The SMILES string of the molecule is O=C1CN(CCCN2CCNCC2)CCN1c1cccc(C2(C3CC3)CNc3nccc(Cl)c32)c1. The summed E-state index contributed by atoms with van der Waals surface area (Å²) in [5, 5.41) is 7.71. The van der Waals surface area contributed by atoms with Crippen LogP contribution in [0.5, 0.6) is 0 Å². The summed E-state index contributed by atoms with van der Waals surface area (Å²) in [5.41, 5.74) is 3.19. The number of fused-ring (bicyclic) bond motifs is 1. The summed E-state index contributed by atoms with van der Waals surface area (Å²) in [4.78, 5) is 24.6. The Bertz CT molecular complexity index is 1090. The molecule has 1 aromatic carbocycles. The van der Waals surface area contributed by atoms with Gasteiger partial charge in [0.25, 0.3) is 0 Å². The van der Waals surface area contributed by atoms with E-state index in [9.17, 15) is 4.79 Å². The Morgan fingerprint density at radius 1 is 1.06 bits per heavy atom. The zero-order valence-electron chi connectivity index (χ0n) is 20.3. The van der Waals surface area contributed by atoms with Gasteiger partial charge >= 0.3 is 0 Å². The molecule has 35 heavy (non-hydrogen) atoms. The second kappa shape index (κ2) is 9.69. The third-order valence-electron chi connectivity index (χ3n) is 8.29. The Labute approximate surface area is 212 Å². The van der Waals surface area contributed by atoms with Gasteiger partial charge in [-0.2, -0.15) is 0 Å². The topological polar surface area (TPSA) is 63.7 Å². The first kappa shape index (κ1) is 23.2. The first-order valence-electron chi connectivity index (χ1n) is 13.1. The lowest BCUT2D eigenvalue weighted by molar-refractivity contribution is -0.121. The van der Waals surface area contributed by atoms with Crippen LogP contribution in [0, 0.1) is 5.92 Å². The van der Waals surface area contributed by atoms with Crippen LogP contribution in [-0.4, -0.2) is 86.1 Å². The molecule has 186 valence electrons. The maximum atomic E-state index is 13.2. The number of carbonyl (C=O) groups is 1.